The van der Waals surface area contributed by atoms with Crippen molar-refractivity contribution in [2.45, 2.75) is 46.7 Å². The van der Waals surface area contributed by atoms with Crippen LogP contribution in [0.2, 0.25) is 0 Å². The van der Waals surface area contributed by atoms with Crippen LogP contribution < -0.4 is 15.8 Å². The minimum atomic E-state index is -0.107. The third kappa shape index (κ3) is 3.46. The summed E-state index contributed by atoms with van der Waals surface area (Å²) in [5.74, 6) is 0. The predicted molar refractivity (Wildman–Crippen MR) is 122 cm³/mol. The normalized spacial score (nSPS) is 19.5. The minimum absolute atomic E-state index is 0.107. The fourth-order valence-electron chi connectivity index (χ4n) is 4.61. The Morgan fingerprint density at radius 3 is 2.45 bits per heavy atom. The van der Waals surface area contributed by atoms with Crippen LogP contribution in [0.1, 0.15) is 30.8 Å². The van der Waals surface area contributed by atoms with Crippen molar-refractivity contribution >= 4 is 16.9 Å². The van der Waals surface area contributed by atoms with Gasteiger partial charge in [-0.15, -0.1) is 0 Å². The molecule has 0 aliphatic carbocycles. The summed E-state index contributed by atoms with van der Waals surface area (Å²) < 4.78 is 3.46. The molecule has 0 radical (unpaired) electrons. The van der Waals surface area contributed by atoms with E-state index in [1.54, 1.807) is 15.0 Å². The topological polar surface area (TPSA) is 79.8 Å². The van der Waals surface area contributed by atoms with Crippen molar-refractivity contribution in [2.24, 2.45) is 0 Å². The molecule has 160 valence electrons. The van der Waals surface area contributed by atoms with Crippen molar-refractivity contribution < 1.29 is 0 Å². The SMILES string of the molecule is Cc1cn2nc(-c3cc(=O)n4cc(N5C[C@@H](C)N[C@@H](C)C5)cc(C)c4n3)cc2c(C)n1. The molecule has 8 heteroatoms. The summed E-state index contributed by atoms with van der Waals surface area (Å²) in [6.07, 6.45) is 3.79. The number of piperazine rings is 1. The molecule has 8 nitrogen and oxygen atoms in total. The van der Waals surface area contributed by atoms with Gasteiger partial charge in [0.2, 0.25) is 0 Å². The lowest BCUT2D eigenvalue weighted by molar-refractivity contribution is 0.406. The zero-order chi connectivity index (χ0) is 21.9. The molecule has 1 fully saturated rings. The summed E-state index contributed by atoms with van der Waals surface area (Å²) in [5.41, 5.74) is 6.52. The molecule has 0 spiro atoms. The van der Waals surface area contributed by atoms with Crippen LogP contribution in [0.4, 0.5) is 5.69 Å². The first-order valence-corrected chi connectivity index (χ1v) is 10.7. The summed E-state index contributed by atoms with van der Waals surface area (Å²) in [5, 5.41) is 8.19. The lowest BCUT2D eigenvalue weighted by Crippen LogP contribution is -2.54. The van der Waals surface area contributed by atoms with Crippen molar-refractivity contribution in [3.8, 4) is 11.4 Å². The van der Waals surface area contributed by atoms with Crippen LogP contribution in [-0.4, -0.2) is 49.2 Å². The van der Waals surface area contributed by atoms with Crippen LogP contribution in [0.15, 0.2) is 35.4 Å². The van der Waals surface area contributed by atoms with Gasteiger partial charge >= 0.3 is 0 Å². The van der Waals surface area contributed by atoms with Crippen molar-refractivity contribution in [3.63, 3.8) is 0 Å². The van der Waals surface area contributed by atoms with Gasteiger partial charge in [0.1, 0.15) is 11.3 Å². The van der Waals surface area contributed by atoms with Crippen molar-refractivity contribution in [3.05, 3.63) is 57.9 Å². The van der Waals surface area contributed by atoms with Gasteiger partial charge < -0.3 is 10.2 Å². The third-order valence-corrected chi connectivity index (χ3v) is 5.88. The lowest BCUT2D eigenvalue weighted by Gasteiger charge is -2.37. The molecule has 4 aromatic rings. The number of rotatable bonds is 2. The molecular weight excluding hydrogens is 390 g/mol. The van der Waals surface area contributed by atoms with Gasteiger partial charge in [0, 0.05) is 37.4 Å². The number of nitrogens with zero attached hydrogens (tertiary/aromatic N) is 6. The van der Waals surface area contributed by atoms with Gasteiger partial charge in [0.25, 0.3) is 5.56 Å². The second kappa shape index (κ2) is 7.16. The van der Waals surface area contributed by atoms with Crippen LogP contribution in [0, 0.1) is 20.8 Å². The highest BCUT2D eigenvalue weighted by Crippen LogP contribution is 2.23. The zero-order valence-electron chi connectivity index (χ0n) is 18.5. The first-order valence-electron chi connectivity index (χ1n) is 10.7. The van der Waals surface area contributed by atoms with Crippen LogP contribution in [0.5, 0.6) is 0 Å². The number of nitrogens with one attached hydrogen (secondary N) is 1. The quantitative estimate of drug-likeness (QED) is 0.540. The van der Waals surface area contributed by atoms with E-state index in [1.165, 1.54) is 0 Å². The molecule has 0 aromatic carbocycles. The highest BCUT2D eigenvalue weighted by atomic mass is 16.1. The Balaban J connectivity index is 1.61. The Kier molecular flexibility index (Phi) is 4.55. The Hall–Kier alpha value is -3.26. The summed E-state index contributed by atoms with van der Waals surface area (Å²) in [4.78, 5) is 24.7. The summed E-state index contributed by atoms with van der Waals surface area (Å²) in [6.45, 7) is 12.1. The molecule has 1 aliphatic heterocycles. The Morgan fingerprint density at radius 1 is 0.968 bits per heavy atom. The minimum Gasteiger partial charge on any atom is -0.367 e. The second-order valence-corrected chi connectivity index (χ2v) is 8.76. The van der Waals surface area contributed by atoms with E-state index in [9.17, 15) is 4.79 Å². The lowest BCUT2D eigenvalue weighted by atomic mass is 10.1. The Labute approximate surface area is 180 Å². The maximum Gasteiger partial charge on any atom is 0.258 e. The van der Waals surface area contributed by atoms with E-state index in [0.717, 1.165) is 41.2 Å². The first kappa shape index (κ1) is 19.7. The van der Waals surface area contributed by atoms with E-state index >= 15 is 0 Å². The number of aromatic nitrogens is 5. The fraction of sp³-hybridized carbons (Fsp3) is 0.391. The smallest absolute Gasteiger partial charge is 0.258 e. The molecule has 2 atom stereocenters. The number of hydrogen-bond acceptors (Lipinski definition) is 6. The van der Waals surface area contributed by atoms with E-state index in [4.69, 9.17) is 4.98 Å². The average Bonchev–Trinajstić information content (AvgIpc) is 3.12. The molecule has 1 aliphatic rings. The van der Waals surface area contributed by atoms with Crippen molar-refractivity contribution in [1.29, 1.82) is 0 Å². The molecule has 4 aromatic heterocycles. The largest absolute Gasteiger partial charge is 0.367 e. The molecule has 5 heterocycles. The molecule has 0 unspecified atom stereocenters. The van der Waals surface area contributed by atoms with E-state index in [-0.39, 0.29) is 5.56 Å². The average molecular weight is 418 g/mol. The maximum absolute atomic E-state index is 13.1. The van der Waals surface area contributed by atoms with Crippen molar-refractivity contribution in [2.75, 3.05) is 18.0 Å². The molecule has 0 bridgehead atoms. The summed E-state index contributed by atoms with van der Waals surface area (Å²) >= 11 is 0. The van der Waals surface area contributed by atoms with Crippen LogP contribution in [0.3, 0.4) is 0 Å². The number of anilines is 1. The Bertz CT molecular complexity index is 1360. The van der Waals surface area contributed by atoms with Gasteiger partial charge in [-0.1, -0.05) is 0 Å². The van der Waals surface area contributed by atoms with E-state index in [1.807, 2.05) is 39.2 Å². The van der Waals surface area contributed by atoms with E-state index in [0.29, 0.717) is 29.1 Å². The van der Waals surface area contributed by atoms with Gasteiger partial charge in [0.05, 0.1) is 34.5 Å². The van der Waals surface area contributed by atoms with E-state index in [2.05, 4.69) is 40.2 Å². The van der Waals surface area contributed by atoms with Gasteiger partial charge in [-0.25, -0.2) is 9.50 Å². The monoisotopic (exact) mass is 417 g/mol. The number of fused-ring (bicyclic) bond motifs is 2. The maximum atomic E-state index is 13.1. The van der Waals surface area contributed by atoms with E-state index < -0.39 is 0 Å². The molecule has 1 saturated heterocycles. The van der Waals surface area contributed by atoms with Crippen LogP contribution in [-0.2, 0) is 0 Å². The van der Waals surface area contributed by atoms with Crippen molar-refractivity contribution in [1.82, 2.24) is 29.3 Å². The van der Waals surface area contributed by atoms with Gasteiger partial charge in [0.15, 0.2) is 0 Å². The third-order valence-electron chi connectivity index (χ3n) is 5.88. The van der Waals surface area contributed by atoms with Gasteiger partial charge in [-0.05, 0) is 52.3 Å². The Morgan fingerprint density at radius 2 is 1.71 bits per heavy atom. The van der Waals surface area contributed by atoms with Gasteiger partial charge in [-0.3, -0.25) is 14.2 Å². The number of pyridine rings is 1. The highest BCUT2D eigenvalue weighted by molar-refractivity contribution is 5.67. The number of aryl methyl sites for hydroxylation is 3. The summed E-state index contributed by atoms with van der Waals surface area (Å²) in [6, 6.07) is 6.42. The molecule has 0 amide bonds. The molecule has 1 N–H and O–H groups in total. The van der Waals surface area contributed by atoms with Crippen LogP contribution >= 0.6 is 0 Å². The van der Waals surface area contributed by atoms with Crippen LogP contribution in [0.25, 0.3) is 22.6 Å². The number of hydrogen-bond donors (Lipinski definition) is 1. The standard InChI is InChI=1S/C23H27N7O/c1-13-6-18(28-9-14(2)24-15(3)10-28)12-29-22(31)8-19(26-23(13)29)20-7-21-17(5)25-16(4)11-30(21)27-20/h6-8,11-12,14-15,24H,9-10H2,1-5H3/t14-,15+. The predicted octanol–water partition coefficient (Wildman–Crippen LogP) is 2.52. The molecule has 0 saturated carbocycles. The molecule has 5 rings (SSSR count). The first-order chi connectivity index (χ1) is 14.8. The van der Waals surface area contributed by atoms with Gasteiger partial charge in [-0.2, -0.15) is 5.10 Å². The highest BCUT2D eigenvalue weighted by Gasteiger charge is 2.22. The second-order valence-electron chi connectivity index (χ2n) is 8.76. The molecular formula is C23H27N7O. The molecule has 31 heavy (non-hydrogen) atoms. The zero-order valence-corrected chi connectivity index (χ0v) is 18.5. The fourth-order valence-corrected chi connectivity index (χ4v) is 4.61. The summed E-state index contributed by atoms with van der Waals surface area (Å²) in [7, 11) is 0.